The van der Waals surface area contributed by atoms with Crippen LogP contribution in [0.5, 0.6) is 11.5 Å². The summed E-state index contributed by atoms with van der Waals surface area (Å²) in [7, 11) is 0. The second kappa shape index (κ2) is 9.03. The van der Waals surface area contributed by atoms with Crippen molar-refractivity contribution in [3.63, 3.8) is 0 Å². The van der Waals surface area contributed by atoms with E-state index in [1.54, 1.807) is 6.20 Å². The molecule has 0 unspecified atom stereocenters. The highest BCUT2D eigenvalue weighted by molar-refractivity contribution is 6.03. The minimum Gasteiger partial charge on any atom is -0.491 e. The van der Waals surface area contributed by atoms with Gasteiger partial charge in [0.15, 0.2) is 6.61 Å². The number of ether oxygens (including phenoxy) is 2. The van der Waals surface area contributed by atoms with Crippen molar-refractivity contribution in [1.82, 2.24) is 4.98 Å². The summed E-state index contributed by atoms with van der Waals surface area (Å²) in [5.41, 5.74) is 2.66. The SMILES string of the molecule is CCCOc1ccc(NC(=O)COc2ccc(CC)cc2)c2cccnc12. The lowest BCUT2D eigenvalue weighted by Gasteiger charge is -2.13. The van der Waals surface area contributed by atoms with E-state index < -0.39 is 0 Å². The van der Waals surface area contributed by atoms with Crippen molar-refractivity contribution in [2.24, 2.45) is 0 Å². The number of carbonyl (C=O) groups is 1. The third-order valence-electron chi connectivity index (χ3n) is 4.17. The van der Waals surface area contributed by atoms with Crippen LogP contribution in [0.25, 0.3) is 10.9 Å². The third kappa shape index (κ3) is 4.76. The van der Waals surface area contributed by atoms with Gasteiger partial charge in [0, 0.05) is 11.6 Å². The molecule has 0 radical (unpaired) electrons. The summed E-state index contributed by atoms with van der Waals surface area (Å²) < 4.78 is 11.3. The quantitative estimate of drug-likeness (QED) is 0.634. The van der Waals surface area contributed by atoms with Crippen molar-refractivity contribution in [2.75, 3.05) is 18.5 Å². The first-order valence-corrected chi connectivity index (χ1v) is 9.23. The van der Waals surface area contributed by atoms with Crippen LogP contribution in [0.2, 0.25) is 0 Å². The first-order chi connectivity index (χ1) is 13.2. The normalized spacial score (nSPS) is 10.6. The molecule has 0 fully saturated rings. The van der Waals surface area contributed by atoms with Crippen molar-refractivity contribution < 1.29 is 14.3 Å². The van der Waals surface area contributed by atoms with Crippen LogP contribution in [0.3, 0.4) is 0 Å². The average molecular weight is 364 g/mol. The molecule has 1 N–H and O–H groups in total. The van der Waals surface area contributed by atoms with E-state index in [1.165, 1.54) is 5.56 Å². The number of amides is 1. The van der Waals surface area contributed by atoms with Crippen LogP contribution in [0.1, 0.15) is 25.8 Å². The first-order valence-electron chi connectivity index (χ1n) is 9.23. The summed E-state index contributed by atoms with van der Waals surface area (Å²) in [5.74, 6) is 1.18. The molecule has 1 aromatic heterocycles. The van der Waals surface area contributed by atoms with Crippen LogP contribution >= 0.6 is 0 Å². The fourth-order valence-corrected chi connectivity index (χ4v) is 2.74. The van der Waals surface area contributed by atoms with Crippen LogP contribution in [0, 0.1) is 0 Å². The number of nitrogens with one attached hydrogen (secondary N) is 1. The van der Waals surface area contributed by atoms with Gasteiger partial charge in [0.25, 0.3) is 5.91 Å². The lowest BCUT2D eigenvalue weighted by atomic mass is 10.1. The van der Waals surface area contributed by atoms with E-state index in [2.05, 4.69) is 24.1 Å². The van der Waals surface area contributed by atoms with E-state index in [0.717, 1.165) is 29.5 Å². The molecule has 0 saturated carbocycles. The predicted octanol–water partition coefficient (Wildman–Crippen LogP) is 4.60. The predicted molar refractivity (Wildman–Crippen MR) is 107 cm³/mol. The van der Waals surface area contributed by atoms with Crippen LogP contribution in [-0.2, 0) is 11.2 Å². The van der Waals surface area contributed by atoms with Gasteiger partial charge in [0.2, 0.25) is 0 Å². The molecule has 3 aromatic rings. The Morgan fingerprint density at radius 2 is 1.85 bits per heavy atom. The molecule has 0 saturated heterocycles. The fraction of sp³-hybridized carbons (Fsp3) is 0.273. The molecule has 0 aliphatic rings. The van der Waals surface area contributed by atoms with Gasteiger partial charge in [0.1, 0.15) is 17.0 Å². The second-order valence-electron chi connectivity index (χ2n) is 6.19. The Hall–Kier alpha value is -3.08. The Morgan fingerprint density at radius 3 is 2.59 bits per heavy atom. The number of pyridine rings is 1. The lowest BCUT2D eigenvalue weighted by molar-refractivity contribution is -0.118. The molecule has 1 amide bonds. The number of hydrogen-bond donors (Lipinski definition) is 1. The molecule has 2 aromatic carbocycles. The third-order valence-corrected chi connectivity index (χ3v) is 4.17. The van der Waals surface area contributed by atoms with Crippen molar-refractivity contribution in [2.45, 2.75) is 26.7 Å². The van der Waals surface area contributed by atoms with Gasteiger partial charge in [-0.3, -0.25) is 9.78 Å². The number of aromatic nitrogens is 1. The number of hydrogen-bond acceptors (Lipinski definition) is 4. The number of carbonyl (C=O) groups excluding carboxylic acids is 1. The summed E-state index contributed by atoms with van der Waals surface area (Å²) in [4.78, 5) is 16.7. The minimum absolute atomic E-state index is 0.0543. The average Bonchev–Trinajstić information content (AvgIpc) is 2.72. The maximum absolute atomic E-state index is 12.3. The Balaban J connectivity index is 1.69. The van der Waals surface area contributed by atoms with Gasteiger partial charge in [-0.05, 0) is 54.8 Å². The number of nitrogens with zero attached hydrogens (tertiary/aromatic N) is 1. The zero-order valence-corrected chi connectivity index (χ0v) is 15.7. The summed E-state index contributed by atoms with van der Waals surface area (Å²) in [6.45, 7) is 4.73. The summed E-state index contributed by atoms with van der Waals surface area (Å²) in [6.07, 6.45) is 3.61. The molecule has 140 valence electrons. The zero-order chi connectivity index (χ0) is 19.1. The number of fused-ring (bicyclic) bond motifs is 1. The molecule has 3 rings (SSSR count). The first kappa shape index (κ1) is 18.7. The second-order valence-corrected chi connectivity index (χ2v) is 6.19. The van der Waals surface area contributed by atoms with E-state index in [0.29, 0.717) is 18.0 Å². The van der Waals surface area contributed by atoms with Crippen LogP contribution in [0.15, 0.2) is 54.7 Å². The number of benzene rings is 2. The number of aryl methyl sites for hydroxylation is 1. The van der Waals surface area contributed by atoms with E-state index in [9.17, 15) is 4.79 Å². The fourth-order valence-electron chi connectivity index (χ4n) is 2.74. The Morgan fingerprint density at radius 1 is 1.04 bits per heavy atom. The lowest BCUT2D eigenvalue weighted by Crippen LogP contribution is -2.20. The van der Waals surface area contributed by atoms with Crippen LogP contribution in [-0.4, -0.2) is 24.1 Å². The van der Waals surface area contributed by atoms with Crippen LogP contribution < -0.4 is 14.8 Å². The molecule has 0 aliphatic heterocycles. The highest BCUT2D eigenvalue weighted by Gasteiger charge is 2.11. The van der Waals surface area contributed by atoms with Crippen LogP contribution in [0.4, 0.5) is 5.69 Å². The largest absolute Gasteiger partial charge is 0.491 e. The van der Waals surface area contributed by atoms with Gasteiger partial charge in [-0.25, -0.2) is 0 Å². The minimum atomic E-state index is -0.220. The maximum atomic E-state index is 12.3. The van der Waals surface area contributed by atoms with E-state index in [-0.39, 0.29) is 12.5 Å². The highest BCUT2D eigenvalue weighted by atomic mass is 16.5. The monoisotopic (exact) mass is 364 g/mol. The van der Waals surface area contributed by atoms with Gasteiger partial charge in [0.05, 0.1) is 12.3 Å². The maximum Gasteiger partial charge on any atom is 0.262 e. The summed E-state index contributed by atoms with van der Waals surface area (Å²) in [6, 6.07) is 15.2. The summed E-state index contributed by atoms with van der Waals surface area (Å²) >= 11 is 0. The standard InChI is InChI=1S/C22H24N2O3/c1-3-14-26-20-12-11-19(18-6-5-13-23-22(18)20)24-21(25)15-27-17-9-7-16(4-2)8-10-17/h5-13H,3-4,14-15H2,1-2H3,(H,24,25). The molecule has 0 atom stereocenters. The van der Waals surface area contributed by atoms with E-state index in [4.69, 9.17) is 9.47 Å². The van der Waals surface area contributed by atoms with Gasteiger partial charge in [-0.15, -0.1) is 0 Å². The topological polar surface area (TPSA) is 60.5 Å². The molecular formula is C22H24N2O3. The molecule has 5 heteroatoms. The Kier molecular flexibility index (Phi) is 6.26. The van der Waals surface area contributed by atoms with Crippen molar-refractivity contribution in [3.8, 4) is 11.5 Å². The Bertz CT molecular complexity index is 907. The van der Waals surface area contributed by atoms with Gasteiger partial charge in [-0.1, -0.05) is 26.0 Å². The van der Waals surface area contributed by atoms with Gasteiger partial charge < -0.3 is 14.8 Å². The Labute approximate surface area is 159 Å². The van der Waals surface area contributed by atoms with Gasteiger partial charge in [-0.2, -0.15) is 0 Å². The molecule has 0 spiro atoms. The molecular weight excluding hydrogens is 340 g/mol. The smallest absolute Gasteiger partial charge is 0.262 e. The van der Waals surface area contributed by atoms with Crippen molar-refractivity contribution in [1.29, 1.82) is 0 Å². The molecule has 0 bridgehead atoms. The van der Waals surface area contributed by atoms with Crippen molar-refractivity contribution in [3.05, 3.63) is 60.3 Å². The number of rotatable bonds is 8. The molecule has 0 aliphatic carbocycles. The van der Waals surface area contributed by atoms with E-state index >= 15 is 0 Å². The van der Waals surface area contributed by atoms with Crippen molar-refractivity contribution >= 4 is 22.5 Å². The number of anilines is 1. The summed E-state index contributed by atoms with van der Waals surface area (Å²) in [5, 5.41) is 3.74. The highest BCUT2D eigenvalue weighted by Crippen LogP contribution is 2.30. The van der Waals surface area contributed by atoms with E-state index in [1.807, 2.05) is 48.5 Å². The molecule has 5 nitrogen and oxygen atoms in total. The van der Waals surface area contributed by atoms with Gasteiger partial charge >= 0.3 is 0 Å². The molecule has 1 heterocycles. The zero-order valence-electron chi connectivity index (χ0n) is 15.7. The molecule has 27 heavy (non-hydrogen) atoms.